The van der Waals surface area contributed by atoms with E-state index in [4.69, 9.17) is 0 Å². The van der Waals surface area contributed by atoms with Crippen LogP contribution in [0.3, 0.4) is 0 Å². The molecule has 1 aromatic carbocycles. The Labute approximate surface area is 96.7 Å². The number of aliphatic hydroxyl groups is 1. The third-order valence-corrected chi connectivity index (χ3v) is 2.21. The molecule has 0 aliphatic carbocycles. The molecule has 0 amide bonds. The van der Waals surface area contributed by atoms with Crippen molar-refractivity contribution in [3.8, 4) is 5.75 Å². The molecule has 2 aromatic rings. The predicted molar refractivity (Wildman–Crippen MR) is 62.5 cm³/mol. The van der Waals surface area contributed by atoms with Crippen LogP contribution >= 0.6 is 0 Å². The van der Waals surface area contributed by atoms with Crippen molar-refractivity contribution in [2.24, 2.45) is 0 Å². The minimum Gasteiger partial charge on any atom is -0.502 e. The molecular formula is C12H11N2O3+. The predicted octanol–water partition coefficient (Wildman–Crippen LogP) is -0.203. The lowest BCUT2D eigenvalue weighted by atomic mass is 10.3. The maximum atomic E-state index is 11.2. The van der Waals surface area contributed by atoms with Crippen molar-refractivity contribution in [2.45, 2.75) is 0 Å². The van der Waals surface area contributed by atoms with Crippen LogP contribution in [0.5, 0.6) is 5.75 Å². The zero-order valence-corrected chi connectivity index (χ0v) is 8.84. The number of benzene rings is 1. The van der Waals surface area contributed by atoms with E-state index in [0.717, 1.165) is 0 Å². The highest BCUT2D eigenvalue weighted by molar-refractivity contribution is 5.88. The highest BCUT2D eigenvalue weighted by Crippen LogP contribution is 2.05. The van der Waals surface area contributed by atoms with Gasteiger partial charge in [0, 0.05) is 24.4 Å². The summed E-state index contributed by atoms with van der Waals surface area (Å²) in [5.74, 6) is -0.833. The topological polar surface area (TPSA) is 87.3 Å². The Morgan fingerprint density at radius 1 is 1.18 bits per heavy atom. The van der Waals surface area contributed by atoms with Gasteiger partial charge in [0.15, 0.2) is 11.4 Å². The van der Waals surface area contributed by atoms with Gasteiger partial charge in [0.05, 0.1) is 0 Å². The molecule has 0 fully saturated rings. The SMILES string of the molecule is O=c1cc[nH]c(C(O)=[NH+]c2ccccc2)c1O. The summed E-state index contributed by atoms with van der Waals surface area (Å²) in [5.41, 5.74) is 0.0515. The molecule has 0 atom stereocenters. The Balaban J connectivity index is 2.44. The number of nitrogens with one attached hydrogen (secondary N) is 2. The molecule has 5 heteroatoms. The van der Waals surface area contributed by atoms with Crippen molar-refractivity contribution >= 4 is 11.6 Å². The summed E-state index contributed by atoms with van der Waals surface area (Å²) in [5, 5.41) is 19.2. The third kappa shape index (κ3) is 2.34. The van der Waals surface area contributed by atoms with E-state index in [1.54, 1.807) is 24.3 Å². The lowest BCUT2D eigenvalue weighted by molar-refractivity contribution is -0.364. The molecule has 1 heterocycles. The minimum absolute atomic E-state index is 0.0404. The summed E-state index contributed by atoms with van der Waals surface area (Å²) in [4.78, 5) is 16.4. The van der Waals surface area contributed by atoms with Crippen LogP contribution in [-0.2, 0) is 0 Å². The zero-order valence-electron chi connectivity index (χ0n) is 8.84. The molecule has 4 N–H and O–H groups in total. The van der Waals surface area contributed by atoms with E-state index < -0.39 is 11.2 Å². The Morgan fingerprint density at radius 3 is 2.59 bits per heavy atom. The van der Waals surface area contributed by atoms with Crippen LogP contribution in [0.1, 0.15) is 5.69 Å². The second-order valence-corrected chi connectivity index (χ2v) is 3.41. The number of hydrogen-bond acceptors (Lipinski definition) is 2. The van der Waals surface area contributed by atoms with Gasteiger partial charge >= 0.3 is 5.90 Å². The van der Waals surface area contributed by atoms with Gasteiger partial charge in [-0.25, -0.2) is 0 Å². The largest absolute Gasteiger partial charge is 0.502 e. The van der Waals surface area contributed by atoms with Gasteiger partial charge in [0.2, 0.25) is 11.1 Å². The molecule has 0 saturated carbocycles. The first kappa shape index (κ1) is 10.9. The molecule has 0 saturated heterocycles. The number of pyridine rings is 1. The van der Waals surface area contributed by atoms with Crippen molar-refractivity contribution in [3.05, 3.63) is 58.5 Å². The summed E-state index contributed by atoms with van der Waals surface area (Å²) in [6.45, 7) is 0. The minimum atomic E-state index is -0.555. The average molecular weight is 231 g/mol. The summed E-state index contributed by atoms with van der Waals surface area (Å²) in [6.07, 6.45) is 1.35. The van der Waals surface area contributed by atoms with Gasteiger partial charge in [0.25, 0.3) is 0 Å². The van der Waals surface area contributed by atoms with Crippen molar-refractivity contribution in [1.29, 1.82) is 0 Å². The Morgan fingerprint density at radius 2 is 1.88 bits per heavy atom. The molecule has 0 aliphatic rings. The van der Waals surface area contributed by atoms with Crippen LogP contribution in [0.25, 0.3) is 0 Å². The second-order valence-electron chi connectivity index (χ2n) is 3.41. The summed E-state index contributed by atoms with van der Waals surface area (Å²) >= 11 is 0. The van der Waals surface area contributed by atoms with Crippen LogP contribution in [0.15, 0.2) is 47.4 Å². The number of para-hydroxylation sites is 1. The summed E-state index contributed by atoms with van der Waals surface area (Å²) in [7, 11) is 0. The van der Waals surface area contributed by atoms with Crippen LogP contribution in [0.2, 0.25) is 0 Å². The molecule has 2 rings (SSSR count). The number of aliphatic hydroxyl groups excluding tert-OH is 1. The average Bonchev–Trinajstić information content (AvgIpc) is 2.34. The van der Waals surface area contributed by atoms with E-state index >= 15 is 0 Å². The third-order valence-electron chi connectivity index (χ3n) is 2.21. The van der Waals surface area contributed by atoms with Crippen LogP contribution in [0, 0.1) is 0 Å². The molecule has 0 radical (unpaired) electrons. The van der Waals surface area contributed by atoms with Crippen LogP contribution in [-0.4, -0.2) is 21.1 Å². The number of hydrogen-bond donors (Lipinski definition) is 4. The second kappa shape index (κ2) is 4.52. The van der Waals surface area contributed by atoms with Crippen molar-refractivity contribution in [1.82, 2.24) is 4.98 Å². The smallest absolute Gasteiger partial charge is 0.392 e. The molecule has 0 spiro atoms. The lowest BCUT2D eigenvalue weighted by Crippen LogP contribution is -2.66. The number of H-pyrrole nitrogens is 1. The Kier molecular flexibility index (Phi) is 2.91. The van der Waals surface area contributed by atoms with Gasteiger partial charge in [-0.2, -0.15) is 4.99 Å². The molecule has 0 bridgehead atoms. The number of aromatic nitrogens is 1. The van der Waals surface area contributed by atoms with Gasteiger partial charge in [0.1, 0.15) is 0 Å². The maximum Gasteiger partial charge on any atom is 0.392 e. The van der Waals surface area contributed by atoms with Gasteiger partial charge < -0.3 is 15.2 Å². The molecule has 86 valence electrons. The summed E-state index contributed by atoms with van der Waals surface area (Å²) < 4.78 is 0. The fraction of sp³-hybridized carbons (Fsp3) is 0. The van der Waals surface area contributed by atoms with Gasteiger partial charge in [-0.05, 0) is 0 Å². The van der Waals surface area contributed by atoms with Gasteiger partial charge in [-0.3, -0.25) is 4.79 Å². The highest BCUT2D eigenvalue weighted by atomic mass is 16.3. The molecule has 1 aromatic heterocycles. The number of aromatic amines is 1. The fourth-order valence-electron chi connectivity index (χ4n) is 1.37. The number of aromatic hydroxyl groups is 1. The number of rotatable bonds is 2. The normalized spacial score (nSPS) is 11.4. The Bertz CT molecular complexity index is 603. The van der Waals surface area contributed by atoms with E-state index in [2.05, 4.69) is 9.98 Å². The van der Waals surface area contributed by atoms with E-state index in [9.17, 15) is 15.0 Å². The van der Waals surface area contributed by atoms with E-state index in [-0.39, 0.29) is 11.6 Å². The van der Waals surface area contributed by atoms with Gasteiger partial charge in [-0.1, -0.05) is 18.2 Å². The molecule has 0 aliphatic heterocycles. The fourth-order valence-corrected chi connectivity index (χ4v) is 1.37. The monoisotopic (exact) mass is 231 g/mol. The maximum absolute atomic E-state index is 11.2. The molecule has 0 unspecified atom stereocenters. The lowest BCUT2D eigenvalue weighted by Gasteiger charge is -1.96. The first-order chi connectivity index (χ1) is 8.18. The van der Waals surface area contributed by atoms with Crippen molar-refractivity contribution < 1.29 is 15.2 Å². The zero-order chi connectivity index (χ0) is 12.3. The molecule has 5 nitrogen and oxygen atoms in total. The van der Waals surface area contributed by atoms with Crippen LogP contribution < -0.4 is 10.4 Å². The van der Waals surface area contributed by atoms with E-state index in [0.29, 0.717) is 5.69 Å². The van der Waals surface area contributed by atoms with Crippen molar-refractivity contribution in [3.63, 3.8) is 0 Å². The summed E-state index contributed by atoms with van der Waals surface area (Å²) in [6, 6.07) is 10.1. The standard InChI is InChI=1S/C12H10N2O3/c15-9-6-7-13-10(11(9)16)12(17)14-8-4-2-1-3-5-8/h1-7,16H,(H,13,15)(H,14,17)/p+1. The van der Waals surface area contributed by atoms with E-state index in [1.165, 1.54) is 12.3 Å². The Hall–Kier alpha value is -2.56. The quantitative estimate of drug-likeness (QED) is 0.426. The van der Waals surface area contributed by atoms with E-state index in [1.807, 2.05) is 6.07 Å². The van der Waals surface area contributed by atoms with Crippen molar-refractivity contribution in [2.75, 3.05) is 0 Å². The first-order valence-corrected chi connectivity index (χ1v) is 4.97. The molecular weight excluding hydrogens is 220 g/mol. The van der Waals surface area contributed by atoms with Crippen LogP contribution in [0.4, 0.5) is 5.69 Å². The first-order valence-electron chi connectivity index (χ1n) is 4.97. The molecule has 17 heavy (non-hydrogen) atoms. The van der Waals surface area contributed by atoms with Gasteiger partial charge in [-0.15, -0.1) is 0 Å². The highest BCUT2D eigenvalue weighted by Gasteiger charge is 2.16.